The van der Waals surface area contributed by atoms with Crippen LogP contribution in [0.2, 0.25) is 0 Å². The topological polar surface area (TPSA) is 66.1 Å². The van der Waals surface area contributed by atoms with Gasteiger partial charge in [-0.2, -0.15) is 9.19 Å². The SMILES string of the molecule is CS(=O)(=O)n1cc2c(n1)C[N-]C2.[W]. The van der Waals surface area contributed by atoms with Gasteiger partial charge in [-0.25, -0.2) is 8.42 Å². The summed E-state index contributed by atoms with van der Waals surface area (Å²) < 4.78 is 23.0. The summed E-state index contributed by atoms with van der Waals surface area (Å²) in [6, 6.07) is 0. The predicted octanol–water partition coefficient (Wildman–Crippen LogP) is 0.0756. The number of hydrogen-bond donors (Lipinski definition) is 0. The van der Waals surface area contributed by atoms with Crippen LogP contribution in [0, 0.1) is 0 Å². The molecule has 0 N–H and O–H groups in total. The quantitative estimate of drug-likeness (QED) is 0.703. The molecule has 0 radical (unpaired) electrons. The third-order valence-electron chi connectivity index (χ3n) is 1.74. The van der Waals surface area contributed by atoms with Gasteiger partial charge < -0.3 is 5.32 Å². The van der Waals surface area contributed by atoms with Crippen molar-refractivity contribution in [2.75, 3.05) is 6.26 Å². The van der Waals surface area contributed by atoms with Gasteiger partial charge in [0.15, 0.2) is 0 Å². The minimum Gasteiger partial charge on any atom is -0.653 e. The Bertz CT molecular complexity index is 390. The first-order valence-corrected chi connectivity index (χ1v) is 5.33. The van der Waals surface area contributed by atoms with E-state index < -0.39 is 10.0 Å². The Morgan fingerprint density at radius 2 is 2.23 bits per heavy atom. The second-order valence-corrected chi connectivity index (χ2v) is 4.62. The van der Waals surface area contributed by atoms with Gasteiger partial charge in [-0.3, -0.25) is 0 Å². The Morgan fingerprint density at radius 1 is 1.54 bits per heavy atom. The molecule has 0 atom stereocenters. The van der Waals surface area contributed by atoms with E-state index in [-0.39, 0.29) is 21.1 Å². The maximum atomic E-state index is 11.0. The van der Waals surface area contributed by atoms with E-state index in [2.05, 4.69) is 10.4 Å². The van der Waals surface area contributed by atoms with E-state index in [0.717, 1.165) is 21.6 Å². The van der Waals surface area contributed by atoms with Crippen LogP contribution >= 0.6 is 0 Å². The maximum absolute atomic E-state index is 11.0. The van der Waals surface area contributed by atoms with Crippen LogP contribution in [0.5, 0.6) is 0 Å². The van der Waals surface area contributed by atoms with Gasteiger partial charge in [0.25, 0.3) is 10.0 Å². The van der Waals surface area contributed by atoms with Gasteiger partial charge in [0.2, 0.25) is 0 Å². The predicted molar refractivity (Wildman–Crippen MR) is 43.2 cm³/mol. The molecule has 72 valence electrons. The van der Waals surface area contributed by atoms with Gasteiger partial charge in [-0.15, -0.1) is 13.1 Å². The van der Waals surface area contributed by atoms with Crippen molar-refractivity contribution < 1.29 is 29.5 Å². The van der Waals surface area contributed by atoms with E-state index in [0.29, 0.717) is 13.1 Å². The van der Waals surface area contributed by atoms with Crippen molar-refractivity contribution in [3.63, 3.8) is 0 Å². The first kappa shape index (κ1) is 10.9. The molecule has 0 aliphatic carbocycles. The molecule has 0 spiro atoms. The Balaban J connectivity index is 0.000000845. The zero-order valence-corrected chi connectivity index (χ0v) is 10.7. The fourth-order valence-corrected chi connectivity index (χ4v) is 1.70. The van der Waals surface area contributed by atoms with E-state index >= 15 is 0 Å². The summed E-state index contributed by atoms with van der Waals surface area (Å²) in [5.41, 5.74) is 1.70. The zero-order valence-electron chi connectivity index (χ0n) is 6.97. The molecular weight excluding hydrogens is 362 g/mol. The van der Waals surface area contributed by atoms with Crippen LogP contribution in [0.4, 0.5) is 0 Å². The van der Waals surface area contributed by atoms with Crippen LogP contribution < -0.4 is 0 Å². The molecule has 0 amide bonds. The van der Waals surface area contributed by atoms with E-state index in [9.17, 15) is 8.42 Å². The summed E-state index contributed by atoms with van der Waals surface area (Å²) in [6.45, 7) is 1.13. The van der Waals surface area contributed by atoms with Crippen LogP contribution in [-0.2, 0) is 44.2 Å². The molecule has 0 aromatic carbocycles. The number of nitrogens with zero attached hydrogens (tertiary/aromatic N) is 3. The van der Waals surface area contributed by atoms with Crippen molar-refractivity contribution in [3.8, 4) is 0 Å². The van der Waals surface area contributed by atoms with Gasteiger partial charge in [0, 0.05) is 33.0 Å². The van der Waals surface area contributed by atoms with Crippen LogP contribution in [0.25, 0.3) is 5.32 Å². The Labute approximate surface area is 90.8 Å². The second-order valence-electron chi connectivity index (χ2n) is 2.78. The van der Waals surface area contributed by atoms with E-state index in [1.807, 2.05) is 0 Å². The molecule has 2 rings (SSSR count). The molecular formula is C6H8N3O2SW-. The molecule has 0 bridgehead atoms. The van der Waals surface area contributed by atoms with Crippen molar-refractivity contribution in [1.29, 1.82) is 0 Å². The fraction of sp³-hybridized carbons (Fsp3) is 0.500. The minimum atomic E-state index is -3.22. The van der Waals surface area contributed by atoms with E-state index in [4.69, 9.17) is 0 Å². The summed E-state index contributed by atoms with van der Waals surface area (Å²) in [6.07, 6.45) is 2.66. The molecule has 1 aliphatic rings. The molecule has 1 aromatic heterocycles. The summed E-state index contributed by atoms with van der Waals surface area (Å²) in [7, 11) is -3.22. The third kappa shape index (κ3) is 2.00. The fourth-order valence-electron chi connectivity index (χ4n) is 1.14. The van der Waals surface area contributed by atoms with Crippen molar-refractivity contribution in [2.45, 2.75) is 13.1 Å². The largest absolute Gasteiger partial charge is 0.653 e. The third-order valence-corrected chi connectivity index (χ3v) is 2.61. The van der Waals surface area contributed by atoms with E-state index in [1.54, 1.807) is 0 Å². The molecule has 5 nitrogen and oxygen atoms in total. The average Bonchev–Trinajstić information content (AvgIpc) is 2.37. The number of hydrogen-bond acceptors (Lipinski definition) is 3. The Kier molecular flexibility index (Phi) is 2.94. The second kappa shape index (κ2) is 3.52. The Morgan fingerprint density at radius 3 is 2.77 bits per heavy atom. The maximum Gasteiger partial charge on any atom is 0.250 e. The normalized spacial score (nSPS) is 15.2. The smallest absolute Gasteiger partial charge is 0.250 e. The van der Waals surface area contributed by atoms with Crippen molar-refractivity contribution in [2.24, 2.45) is 0 Å². The molecule has 7 heteroatoms. The van der Waals surface area contributed by atoms with Gasteiger partial charge >= 0.3 is 0 Å². The molecule has 13 heavy (non-hydrogen) atoms. The zero-order chi connectivity index (χ0) is 8.77. The van der Waals surface area contributed by atoms with Crippen LogP contribution in [0.1, 0.15) is 11.3 Å². The van der Waals surface area contributed by atoms with E-state index in [1.165, 1.54) is 6.20 Å². The van der Waals surface area contributed by atoms with Gasteiger partial charge in [-0.1, -0.05) is 0 Å². The molecule has 0 saturated heterocycles. The van der Waals surface area contributed by atoms with Gasteiger partial charge in [-0.05, 0) is 5.56 Å². The average molecular weight is 370 g/mol. The van der Waals surface area contributed by atoms with Crippen molar-refractivity contribution >= 4 is 10.0 Å². The molecule has 2 heterocycles. The molecule has 1 aromatic rings. The van der Waals surface area contributed by atoms with Crippen LogP contribution in [0.3, 0.4) is 0 Å². The first-order chi connectivity index (χ1) is 5.57. The summed E-state index contributed by atoms with van der Waals surface area (Å²) in [5, 5.41) is 7.96. The molecule has 0 fully saturated rings. The monoisotopic (exact) mass is 370 g/mol. The molecule has 0 unspecified atom stereocenters. The number of aromatic nitrogens is 2. The van der Waals surface area contributed by atoms with Crippen LogP contribution in [0.15, 0.2) is 6.20 Å². The van der Waals surface area contributed by atoms with Gasteiger partial charge in [0.05, 0.1) is 6.26 Å². The number of fused-ring (bicyclic) bond motifs is 1. The summed E-state index contributed by atoms with van der Waals surface area (Å²) >= 11 is 0. The van der Waals surface area contributed by atoms with Crippen LogP contribution in [-0.4, -0.2) is 23.9 Å². The summed E-state index contributed by atoms with van der Waals surface area (Å²) in [4.78, 5) is 0. The number of rotatable bonds is 1. The molecule has 1 aliphatic heterocycles. The minimum absolute atomic E-state index is 0. The first-order valence-electron chi connectivity index (χ1n) is 3.48. The Hall–Kier alpha value is -0.192. The standard InChI is InChI=1S/C6H8N3O2S.W/c1-12(10,11)9-4-5-2-7-3-6(5)8-9;/h4H,2-3H2,1H3;/q-1;. The molecule has 0 saturated carbocycles. The van der Waals surface area contributed by atoms with Crippen molar-refractivity contribution in [1.82, 2.24) is 9.19 Å². The summed E-state index contributed by atoms with van der Waals surface area (Å²) in [5.74, 6) is 0. The van der Waals surface area contributed by atoms with Gasteiger partial charge in [0.1, 0.15) is 0 Å². The van der Waals surface area contributed by atoms with Crippen molar-refractivity contribution in [3.05, 3.63) is 22.8 Å².